The van der Waals surface area contributed by atoms with Crippen LogP contribution >= 0.6 is 0 Å². The van der Waals surface area contributed by atoms with Crippen LogP contribution in [-0.4, -0.2) is 11.1 Å². The average Bonchev–Trinajstić information content (AvgIpc) is 2.87. The number of hydrogen-bond donors (Lipinski definition) is 1. The monoisotopic (exact) mass is 523 g/mol. The number of aliphatic carboxylic acids is 1. The third-order valence-electron chi connectivity index (χ3n) is 8.34. The van der Waals surface area contributed by atoms with Gasteiger partial charge in [-0.3, -0.25) is 4.79 Å². The van der Waals surface area contributed by atoms with E-state index in [0.29, 0.717) is 0 Å². The molecule has 0 saturated carbocycles. The predicted octanol–water partition coefficient (Wildman–Crippen LogP) is 12.7. The highest BCUT2D eigenvalue weighted by Gasteiger charge is 2.16. The van der Waals surface area contributed by atoms with E-state index in [1.807, 2.05) is 0 Å². The molecule has 0 aliphatic carbocycles. The van der Waals surface area contributed by atoms with E-state index in [-0.39, 0.29) is 5.92 Å². The van der Waals surface area contributed by atoms with Gasteiger partial charge in [-0.25, -0.2) is 0 Å². The normalized spacial score (nSPS) is 12.4. The van der Waals surface area contributed by atoms with Crippen molar-refractivity contribution in [3.8, 4) is 0 Å². The van der Waals surface area contributed by atoms with Crippen molar-refractivity contribution in [2.24, 2.45) is 11.8 Å². The Morgan fingerprint density at radius 2 is 0.676 bits per heavy atom. The molecular weight excluding hydrogens is 452 g/mol. The summed E-state index contributed by atoms with van der Waals surface area (Å²) >= 11 is 0. The van der Waals surface area contributed by atoms with Crippen LogP contribution in [0, 0.1) is 11.8 Å². The Morgan fingerprint density at radius 3 is 0.919 bits per heavy atom. The van der Waals surface area contributed by atoms with E-state index in [4.69, 9.17) is 0 Å². The number of hydrogen-bond acceptors (Lipinski definition) is 1. The second kappa shape index (κ2) is 30.0. The van der Waals surface area contributed by atoms with Crippen molar-refractivity contribution in [1.29, 1.82) is 0 Å². The maximum atomic E-state index is 11.6. The molecule has 0 aromatic rings. The van der Waals surface area contributed by atoms with Crippen molar-refractivity contribution in [3.63, 3.8) is 0 Å². The van der Waals surface area contributed by atoms with Gasteiger partial charge in [0.05, 0.1) is 5.92 Å². The summed E-state index contributed by atoms with van der Waals surface area (Å²) in [7, 11) is 0. The molecule has 2 nitrogen and oxygen atoms in total. The fraction of sp³-hybridized carbons (Fsp3) is 0.971. The molecule has 0 aromatic carbocycles. The summed E-state index contributed by atoms with van der Waals surface area (Å²) < 4.78 is 0. The zero-order valence-corrected chi connectivity index (χ0v) is 26.0. The Bertz CT molecular complexity index is 445. The minimum absolute atomic E-state index is 0.0999. The summed E-state index contributed by atoms with van der Waals surface area (Å²) in [6, 6.07) is 0. The van der Waals surface area contributed by atoms with Gasteiger partial charge in [-0.15, -0.1) is 0 Å². The molecule has 0 bridgehead atoms. The first-order valence-electron chi connectivity index (χ1n) is 17.3. The molecular formula is C35H70O2. The molecule has 0 fully saturated rings. The number of rotatable bonds is 31. The Labute approximate surface area is 234 Å². The molecule has 0 aliphatic heterocycles. The maximum Gasteiger partial charge on any atom is 0.306 e. The van der Waals surface area contributed by atoms with Crippen LogP contribution in [0.2, 0.25) is 0 Å². The molecule has 0 saturated heterocycles. The van der Waals surface area contributed by atoms with Gasteiger partial charge >= 0.3 is 5.97 Å². The fourth-order valence-corrected chi connectivity index (χ4v) is 5.69. The first kappa shape index (κ1) is 36.5. The van der Waals surface area contributed by atoms with Crippen LogP contribution in [0.4, 0.5) is 0 Å². The van der Waals surface area contributed by atoms with Gasteiger partial charge in [-0.2, -0.15) is 0 Å². The van der Waals surface area contributed by atoms with Crippen LogP contribution in [0.15, 0.2) is 0 Å². The molecule has 0 spiro atoms. The predicted molar refractivity (Wildman–Crippen MR) is 166 cm³/mol. The van der Waals surface area contributed by atoms with Crippen LogP contribution in [0.1, 0.15) is 207 Å². The smallest absolute Gasteiger partial charge is 0.306 e. The van der Waals surface area contributed by atoms with E-state index < -0.39 is 5.97 Å². The van der Waals surface area contributed by atoms with Gasteiger partial charge in [0.2, 0.25) is 0 Å². The highest BCUT2D eigenvalue weighted by Crippen LogP contribution is 2.20. The molecule has 0 rings (SSSR count). The van der Waals surface area contributed by atoms with Crippen LogP contribution < -0.4 is 0 Å². The van der Waals surface area contributed by atoms with Gasteiger partial charge in [0.25, 0.3) is 0 Å². The Balaban J connectivity index is 3.38. The highest BCUT2D eigenvalue weighted by atomic mass is 16.4. The second-order valence-corrected chi connectivity index (χ2v) is 12.6. The van der Waals surface area contributed by atoms with Crippen molar-refractivity contribution in [3.05, 3.63) is 0 Å². The van der Waals surface area contributed by atoms with Crippen molar-refractivity contribution in [2.75, 3.05) is 0 Å². The van der Waals surface area contributed by atoms with E-state index in [2.05, 4.69) is 20.8 Å². The molecule has 0 aliphatic rings. The molecule has 1 N–H and O–H groups in total. The third kappa shape index (κ3) is 29.9. The summed E-state index contributed by atoms with van der Waals surface area (Å²) in [4.78, 5) is 11.6. The second-order valence-electron chi connectivity index (χ2n) is 12.6. The summed E-state index contributed by atoms with van der Waals surface area (Å²) in [6.45, 7) is 6.91. The van der Waals surface area contributed by atoms with E-state index >= 15 is 0 Å². The zero-order valence-electron chi connectivity index (χ0n) is 26.0. The van der Waals surface area contributed by atoms with Gasteiger partial charge in [-0.05, 0) is 18.8 Å². The lowest BCUT2D eigenvalue weighted by Gasteiger charge is -2.12. The lowest BCUT2D eigenvalue weighted by Crippen LogP contribution is -2.13. The lowest BCUT2D eigenvalue weighted by molar-refractivity contribution is -0.142. The van der Waals surface area contributed by atoms with Gasteiger partial charge < -0.3 is 5.11 Å². The number of carboxylic acids is 1. The molecule has 222 valence electrons. The van der Waals surface area contributed by atoms with E-state index in [1.165, 1.54) is 161 Å². The minimum atomic E-state index is -0.558. The molecule has 37 heavy (non-hydrogen) atoms. The van der Waals surface area contributed by atoms with Crippen LogP contribution in [-0.2, 0) is 4.79 Å². The lowest BCUT2D eigenvalue weighted by atomic mass is 9.94. The summed E-state index contributed by atoms with van der Waals surface area (Å²) in [5, 5.41) is 9.58. The van der Waals surface area contributed by atoms with Crippen molar-refractivity contribution in [2.45, 2.75) is 207 Å². The van der Waals surface area contributed by atoms with E-state index in [9.17, 15) is 9.90 Å². The molecule has 1 unspecified atom stereocenters. The van der Waals surface area contributed by atoms with Crippen LogP contribution in [0.25, 0.3) is 0 Å². The molecule has 0 aromatic heterocycles. The van der Waals surface area contributed by atoms with Gasteiger partial charge in [0, 0.05) is 0 Å². The van der Waals surface area contributed by atoms with Gasteiger partial charge in [0.1, 0.15) is 0 Å². The molecule has 0 heterocycles. The van der Waals surface area contributed by atoms with E-state index in [1.54, 1.807) is 0 Å². The average molecular weight is 523 g/mol. The number of carbonyl (C=O) groups is 1. The summed E-state index contributed by atoms with van der Waals surface area (Å²) in [5.41, 5.74) is 0. The standard InChI is InChI=1S/C35H70O2/c1-4-5-6-7-8-9-10-11-12-13-14-15-16-17-18-22-25-28-31-34(35(36)37)32-29-26-23-20-19-21-24-27-30-33(2)3/h33-34H,4-32H2,1-3H3,(H,36,37). The number of carboxylic acid groups (broad SMARTS) is 1. The molecule has 0 amide bonds. The Hall–Kier alpha value is -0.530. The van der Waals surface area contributed by atoms with E-state index in [0.717, 1.165) is 31.6 Å². The minimum Gasteiger partial charge on any atom is -0.481 e. The highest BCUT2D eigenvalue weighted by molar-refractivity contribution is 5.69. The fourth-order valence-electron chi connectivity index (χ4n) is 5.69. The third-order valence-corrected chi connectivity index (χ3v) is 8.34. The first-order chi connectivity index (χ1) is 18.1. The number of unbranched alkanes of at least 4 members (excludes halogenated alkanes) is 24. The molecule has 0 radical (unpaired) electrons. The van der Waals surface area contributed by atoms with Gasteiger partial charge in [0.15, 0.2) is 0 Å². The van der Waals surface area contributed by atoms with Crippen LogP contribution in [0.3, 0.4) is 0 Å². The Morgan fingerprint density at radius 1 is 0.432 bits per heavy atom. The quantitative estimate of drug-likeness (QED) is 0.0919. The summed E-state index contributed by atoms with van der Waals surface area (Å²) in [6.07, 6.45) is 38.5. The Kier molecular flexibility index (Phi) is 29.6. The molecule has 1 atom stereocenters. The molecule has 2 heteroatoms. The SMILES string of the molecule is CCCCCCCCCCCCCCCCCCCCC(CCCCCCCCCCC(C)C)C(=O)O. The van der Waals surface area contributed by atoms with Crippen LogP contribution in [0.5, 0.6) is 0 Å². The van der Waals surface area contributed by atoms with Gasteiger partial charge in [-0.1, -0.05) is 194 Å². The van der Waals surface area contributed by atoms with Crippen molar-refractivity contribution in [1.82, 2.24) is 0 Å². The van der Waals surface area contributed by atoms with Crippen molar-refractivity contribution >= 4 is 5.97 Å². The first-order valence-corrected chi connectivity index (χ1v) is 17.3. The van der Waals surface area contributed by atoms with Crippen molar-refractivity contribution < 1.29 is 9.90 Å². The summed E-state index contributed by atoms with van der Waals surface area (Å²) in [5.74, 6) is 0.185. The maximum absolute atomic E-state index is 11.6. The largest absolute Gasteiger partial charge is 0.481 e. The zero-order chi connectivity index (χ0) is 27.2. The topological polar surface area (TPSA) is 37.3 Å².